The van der Waals surface area contributed by atoms with Gasteiger partial charge in [0.15, 0.2) is 5.82 Å². The number of thiocarbonyl (C=S) groups is 1. The van der Waals surface area contributed by atoms with E-state index in [-0.39, 0.29) is 6.10 Å². The van der Waals surface area contributed by atoms with Crippen molar-refractivity contribution < 1.29 is 9.53 Å². The Labute approximate surface area is 140 Å². The summed E-state index contributed by atoms with van der Waals surface area (Å²) in [6, 6.07) is 12.8. The smallest absolute Gasteiger partial charge is 0.416 e. The highest BCUT2D eigenvalue weighted by atomic mass is 32.1. The number of rotatable bonds is 2. The second-order valence-corrected chi connectivity index (χ2v) is 5.92. The van der Waals surface area contributed by atoms with Crippen LogP contribution >= 0.6 is 12.2 Å². The predicted molar refractivity (Wildman–Crippen MR) is 93.7 cm³/mol. The van der Waals surface area contributed by atoms with Crippen LogP contribution in [0.3, 0.4) is 0 Å². The van der Waals surface area contributed by atoms with E-state index in [4.69, 9.17) is 17.0 Å². The molecule has 0 fully saturated rings. The minimum Gasteiger partial charge on any atom is -0.446 e. The van der Waals surface area contributed by atoms with Gasteiger partial charge in [0.2, 0.25) is 0 Å². The van der Waals surface area contributed by atoms with E-state index in [1.165, 1.54) is 4.90 Å². The largest absolute Gasteiger partial charge is 0.446 e. The van der Waals surface area contributed by atoms with Crippen LogP contribution in [0.1, 0.15) is 25.5 Å². The first-order valence-electron chi connectivity index (χ1n) is 7.38. The summed E-state index contributed by atoms with van der Waals surface area (Å²) in [5, 5.41) is 3.17. The van der Waals surface area contributed by atoms with Gasteiger partial charge in [0.1, 0.15) is 11.0 Å². The number of hydrogen-bond donors (Lipinski definition) is 1. The molecule has 1 aliphatic rings. The lowest BCUT2D eigenvalue weighted by Crippen LogP contribution is -2.45. The van der Waals surface area contributed by atoms with Crippen LogP contribution < -0.4 is 10.2 Å². The fraction of sp³-hybridized carbons (Fsp3) is 0.235. The van der Waals surface area contributed by atoms with E-state index in [0.29, 0.717) is 16.5 Å². The monoisotopic (exact) mass is 327 g/mol. The van der Waals surface area contributed by atoms with Crippen LogP contribution in [0.5, 0.6) is 0 Å². The number of ether oxygens (including phenoxy) is 1. The molecule has 2 aromatic rings. The van der Waals surface area contributed by atoms with Crippen LogP contribution in [0.4, 0.5) is 16.3 Å². The van der Waals surface area contributed by atoms with E-state index in [0.717, 1.165) is 5.56 Å². The number of aromatic nitrogens is 1. The maximum absolute atomic E-state index is 12.7. The quantitative estimate of drug-likeness (QED) is 0.847. The van der Waals surface area contributed by atoms with Crippen molar-refractivity contribution in [3.05, 3.63) is 54.2 Å². The molecule has 5 nitrogen and oxygen atoms in total. The molecule has 1 N–H and O–H groups in total. The number of amides is 1. The fourth-order valence-corrected chi connectivity index (χ4v) is 2.86. The minimum absolute atomic E-state index is 0.227. The highest BCUT2D eigenvalue weighted by Crippen LogP contribution is 2.37. The van der Waals surface area contributed by atoms with Gasteiger partial charge in [0.25, 0.3) is 0 Å². The number of nitrogens with zero attached hydrogens (tertiary/aromatic N) is 2. The lowest BCUT2D eigenvalue weighted by atomic mass is 10.0. The van der Waals surface area contributed by atoms with E-state index >= 15 is 0 Å². The second-order valence-electron chi connectivity index (χ2n) is 5.48. The molecular formula is C17H17N3O2S. The average molecular weight is 327 g/mol. The Balaban J connectivity index is 2.10. The first kappa shape index (κ1) is 15.4. The highest BCUT2D eigenvalue weighted by molar-refractivity contribution is 7.80. The van der Waals surface area contributed by atoms with Gasteiger partial charge in [-0.2, -0.15) is 0 Å². The summed E-state index contributed by atoms with van der Waals surface area (Å²) in [5.74, 6) is 0.514. The lowest BCUT2D eigenvalue weighted by Gasteiger charge is -2.36. The summed E-state index contributed by atoms with van der Waals surface area (Å²) in [7, 11) is 0. The zero-order valence-corrected chi connectivity index (χ0v) is 13.7. The number of hydrogen-bond acceptors (Lipinski definition) is 4. The van der Waals surface area contributed by atoms with Crippen molar-refractivity contribution in [3.8, 4) is 0 Å². The summed E-state index contributed by atoms with van der Waals surface area (Å²) in [5.41, 5.74) is 1.60. The van der Waals surface area contributed by atoms with E-state index < -0.39 is 12.1 Å². The van der Waals surface area contributed by atoms with Crippen LogP contribution in [-0.2, 0) is 4.74 Å². The number of nitrogens with one attached hydrogen (secondary N) is 1. The molecule has 1 aromatic heterocycles. The number of anilines is 2. The molecule has 0 saturated carbocycles. The van der Waals surface area contributed by atoms with Gasteiger partial charge in [0.05, 0.1) is 11.8 Å². The maximum Gasteiger partial charge on any atom is 0.416 e. The molecule has 0 spiro atoms. The molecule has 1 aromatic carbocycles. The molecule has 0 radical (unpaired) electrons. The third-order valence-electron chi connectivity index (χ3n) is 3.43. The van der Waals surface area contributed by atoms with Gasteiger partial charge in [-0.15, -0.1) is 0 Å². The molecule has 3 rings (SSSR count). The molecule has 23 heavy (non-hydrogen) atoms. The topological polar surface area (TPSA) is 54.5 Å². The van der Waals surface area contributed by atoms with E-state index in [1.54, 1.807) is 12.3 Å². The summed E-state index contributed by atoms with van der Waals surface area (Å²) in [6.07, 6.45) is 0.958. The van der Waals surface area contributed by atoms with Crippen molar-refractivity contribution in [2.75, 3.05) is 10.2 Å². The van der Waals surface area contributed by atoms with E-state index in [2.05, 4.69) is 10.3 Å². The van der Waals surface area contributed by atoms with Crippen LogP contribution in [-0.4, -0.2) is 22.2 Å². The Morgan fingerprint density at radius 3 is 2.70 bits per heavy atom. The van der Waals surface area contributed by atoms with Crippen molar-refractivity contribution in [2.24, 2.45) is 0 Å². The standard InChI is InChI=1S/C17H17N3O2S/c1-11(2)22-17(21)20-14(12-7-4-3-5-8-12)16(23)19-13-9-6-10-18-15(13)20/h3-11,14H,1-2H3,(H,19,23)/t14-/m0/s1. The van der Waals surface area contributed by atoms with Gasteiger partial charge in [-0.3, -0.25) is 0 Å². The first-order chi connectivity index (χ1) is 11.1. The van der Waals surface area contributed by atoms with Gasteiger partial charge in [-0.1, -0.05) is 42.5 Å². The second kappa shape index (κ2) is 6.34. The minimum atomic E-state index is -0.461. The zero-order valence-electron chi connectivity index (χ0n) is 12.9. The van der Waals surface area contributed by atoms with Crippen molar-refractivity contribution in [2.45, 2.75) is 26.0 Å². The summed E-state index contributed by atoms with van der Waals surface area (Å²) < 4.78 is 5.41. The number of carbonyl (C=O) groups excluding carboxylic acids is 1. The Kier molecular flexibility index (Phi) is 4.25. The van der Waals surface area contributed by atoms with Gasteiger partial charge >= 0.3 is 6.09 Å². The molecule has 1 aliphatic heterocycles. The summed E-state index contributed by atoms with van der Waals surface area (Å²) in [6.45, 7) is 3.63. The third-order valence-corrected chi connectivity index (χ3v) is 3.75. The maximum atomic E-state index is 12.7. The van der Waals surface area contributed by atoms with Crippen molar-refractivity contribution >= 4 is 34.8 Å². The van der Waals surface area contributed by atoms with Crippen LogP contribution in [0, 0.1) is 0 Å². The van der Waals surface area contributed by atoms with Gasteiger partial charge in [-0.05, 0) is 31.5 Å². The Hall–Kier alpha value is -2.47. The third kappa shape index (κ3) is 3.03. The Morgan fingerprint density at radius 2 is 2.00 bits per heavy atom. The number of carbonyl (C=O) groups is 1. The van der Waals surface area contributed by atoms with Crippen LogP contribution in [0.25, 0.3) is 0 Å². The van der Waals surface area contributed by atoms with E-state index in [9.17, 15) is 4.79 Å². The lowest BCUT2D eigenvalue weighted by molar-refractivity contribution is 0.121. The first-order valence-corrected chi connectivity index (χ1v) is 7.79. The molecule has 6 heteroatoms. The number of benzene rings is 1. The van der Waals surface area contributed by atoms with Crippen molar-refractivity contribution in [3.63, 3.8) is 0 Å². The number of fused-ring (bicyclic) bond motifs is 1. The van der Waals surface area contributed by atoms with Crippen LogP contribution in [0.2, 0.25) is 0 Å². The molecule has 0 unspecified atom stereocenters. The summed E-state index contributed by atoms with van der Waals surface area (Å²) in [4.78, 5) is 19.1. The van der Waals surface area contributed by atoms with Gasteiger partial charge in [0, 0.05) is 6.20 Å². The SMILES string of the molecule is CC(C)OC(=O)N1c2ncccc2NC(=S)[C@@H]1c1ccccc1. The zero-order chi connectivity index (χ0) is 16.4. The average Bonchev–Trinajstić information content (AvgIpc) is 2.53. The molecule has 0 bridgehead atoms. The van der Waals surface area contributed by atoms with Gasteiger partial charge in [-0.25, -0.2) is 14.7 Å². The number of pyridine rings is 1. The normalized spacial score (nSPS) is 16.7. The van der Waals surface area contributed by atoms with E-state index in [1.807, 2.05) is 50.2 Å². The molecule has 118 valence electrons. The van der Waals surface area contributed by atoms with Crippen molar-refractivity contribution in [1.82, 2.24) is 4.98 Å². The fourth-order valence-electron chi connectivity index (χ4n) is 2.51. The predicted octanol–water partition coefficient (Wildman–Crippen LogP) is 3.93. The molecule has 1 amide bonds. The van der Waals surface area contributed by atoms with Gasteiger partial charge < -0.3 is 10.1 Å². The molecular weight excluding hydrogens is 310 g/mol. The van der Waals surface area contributed by atoms with Crippen LogP contribution in [0.15, 0.2) is 48.7 Å². The Bertz CT molecular complexity index is 734. The summed E-state index contributed by atoms with van der Waals surface area (Å²) >= 11 is 5.51. The molecule has 2 heterocycles. The highest BCUT2D eigenvalue weighted by Gasteiger charge is 2.37. The molecule has 1 atom stereocenters. The Morgan fingerprint density at radius 1 is 1.26 bits per heavy atom. The molecule has 0 saturated heterocycles. The molecule has 0 aliphatic carbocycles. The van der Waals surface area contributed by atoms with Crippen molar-refractivity contribution in [1.29, 1.82) is 0 Å².